The van der Waals surface area contributed by atoms with Gasteiger partial charge in [-0.25, -0.2) is 0 Å². The lowest BCUT2D eigenvalue weighted by atomic mass is 10.1. The molecule has 1 rings (SSSR count). The number of hydrogen-bond acceptors (Lipinski definition) is 2. The van der Waals surface area contributed by atoms with Crippen molar-refractivity contribution in [3.8, 4) is 0 Å². The van der Waals surface area contributed by atoms with E-state index in [4.69, 9.17) is 5.73 Å². The summed E-state index contributed by atoms with van der Waals surface area (Å²) in [7, 11) is 0. The Balaban J connectivity index is 2.30. The topological polar surface area (TPSA) is 46.3 Å². The van der Waals surface area contributed by atoms with Gasteiger partial charge in [-0.05, 0) is 19.4 Å². The molecule has 0 aliphatic carbocycles. The molecule has 2 N–H and O–H groups in total. The lowest BCUT2D eigenvalue weighted by Gasteiger charge is -2.14. The molecule has 0 saturated carbocycles. The maximum absolute atomic E-state index is 11.3. The first-order chi connectivity index (χ1) is 5.25. The molecule has 0 aromatic carbocycles. The van der Waals surface area contributed by atoms with Crippen LogP contribution in [0.1, 0.15) is 19.8 Å². The van der Waals surface area contributed by atoms with Crippen LogP contribution in [0.3, 0.4) is 0 Å². The van der Waals surface area contributed by atoms with Crippen molar-refractivity contribution >= 4 is 5.91 Å². The second-order valence-electron chi connectivity index (χ2n) is 3.16. The number of nitrogens with zero attached hydrogens (tertiary/aromatic N) is 1. The quantitative estimate of drug-likeness (QED) is 0.634. The summed E-state index contributed by atoms with van der Waals surface area (Å²) in [5, 5.41) is 0. The van der Waals surface area contributed by atoms with E-state index in [1.54, 1.807) is 0 Å². The summed E-state index contributed by atoms with van der Waals surface area (Å²) in [5.74, 6) is 0.547. The molecule has 0 radical (unpaired) electrons. The van der Waals surface area contributed by atoms with E-state index in [-0.39, 0.29) is 5.92 Å². The molecule has 1 aliphatic heterocycles. The third-order valence-corrected chi connectivity index (χ3v) is 2.20. The molecule has 1 amide bonds. The molecule has 0 aromatic heterocycles. The first-order valence-corrected chi connectivity index (χ1v) is 4.24. The monoisotopic (exact) mass is 156 g/mol. The molecule has 1 heterocycles. The van der Waals surface area contributed by atoms with Crippen molar-refractivity contribution in [1.29, 1.82) is 0 Å². The zero-order chi connectivity index (χ0) is 8.27. The Hall–Kier alpha value is -0.570. The second kappa shape index (κ2) is 3.72. The molecular weight excluding hydrogens is 140 g/mol. The predicted octanol–water partition coefficient (Wildman–Crippen LogP) is 0.204. The molecule has 1 atom stereocenters. The average Bonchev–Trinajstić information content (AvgIpc) is 2.31. The van der Waals surface area contributed by atoms with E-state index in [1.165, 1.54) is 0 Å². The van der Waals surface area contributed by atoms with Gasteiger partial charge in [0.1, 0.15) is 0 Å². The van der Waals surface area contributed by atoms with Gasteiger partial charge in [0.05, 0.1) is 0 Å². The number of amides is 1. The van der Waals surface area contributed by atoms with E-state index >= 15 is 0 Å². The van der Waals surface area contributed by atoms with Gasteiger partial charge in [-0.2, -0.15) is 0 Å². The molecule has 64 valence electrons. The average molecular weight is 156 g/mol. The van der Waals surface area contributed by atoms with Crippen LogP contribution in [-0.2, 0) is 4.79 Å². The Labute approximate surface area is 67.5 Å². The number of carbonyl (C=O) groups is 1. The number of nitrogens with two attached hydrogens (primary N) is 1. The van der Waals surface area contributed by atoms with Gasteiger partial charge in [0.15, 0.2) is 0 Å². The summed E-state index contributed by atoms with van der Waals surface area (Å²) in [5.41, 5.74) is 5.35. The molecule has 1 unspecified atom stereocenters. The van der Waals surface area contributed by atoms with Gasteiger partial charge >= 0.3 is 0 Å². The van der Waals surface area contributed by atoms with E-state index in [9.17, 15) is 4.79 Å². The van der Waals surface area contributed by atoms with Crippen molar-refractivity contribution in [2.75, 3.05) is 19.6 Å². The van der Waals surface area contributed by atoms with Gasteiger partial charge in [-0.15, -0.1) is 0 Å². The molecule has 1 aliphatic rings. The molecular formula is C8H16N2O. The highest BCUT2D eigenvalue weighted by molar-refractivity contribution is 5.80. The number of carbonyl (C=O) groups excluding carboxylic acids is 1. The van der Waals surface area contributed by atoms with E-state index in [1.807, 2.05) is 11.8 Å². The van der Waals surface area contributed by atoms with Gasteiger partial charge in [-0.1, -0.05) is 6.92 Å². The Bertz CT molecular complexity index is 147. The van der Waals surface area contributed by atoms with Crippen LogP contribution in [0, 0.1) is 5.92 Å². The van der Waals surface area contributed by atoms with E-state index < -0.39 is 0 Å². The zero-order valence-electron chi connectivity index (χ0n) is 7.05. The van der Waals surface area contributed by atoms with Gasteiger partial charge in [0, 0.05) is 19.0 Å². The lowest BCUT2D eigenvalue weighted by Crippen LogP contribution is -2.28. The SMILES string of the molecule is CC1CCN(CCCN)C1=O. The van der Waals surface area contributed by atoms with Gasteiger partial charge < -0.3 is 10.6 Å². The summed E-state index contributed by atoms with van der Waals surface area (Å²) in [6.45, 7) is 4.45. The zero-order valence-corrected chi connectivity index (χ0v) is 7.05. The second-order valence-corrected chi connectivity index (χ2v) is 3.16. The van der Waals surface area contributed by atoms with Crippen molar-refractivity contribution < 1.29 is 4.79 Å². The molecule has 3 heteroatoms. The summed E-state index contributed by atoms with van der Waals surface area (Å²) < 4.78 is 0. The smallest absolute Gasteiger partial charge is 0.225 e. The summed E-state index contributed by atoms with van der Waals surface area (Å²) in [6, 6.07) is 0. The minimum atomic E-state index is 0.243. The lowest BCUT2D eigenvalue weighted by molar-refractivity contribution is -0.130. The molecule has 1 fully saturated rings. The fraction of sp³-hybridized carbons (Fsp3) is 0.875. The molecule has 0 bridgehead atoms. The normalized spacial score (nSPS) is 24.7. The highest BCUT2D eigenvalue weighted by Crippen LogP contribution is 2.16. The molecule has 0 spiro atoms. The van der Waals surface area contributed by atoms with Crippen LogP contribution in [0.4, 0.5) is 0 Å². The summed E-state index contributed by atoms with van der Waals surface area (Å²) >= 11 is 0. The number of likely N-dealkylation sites (tertiary alicyclic amines) is 1. The first-order valence-electron chi connectivity index (χ1n) is 4.24. The van der Waals surface area contributed by atoms with Crippen LogP contribution in [-0.4, -0.2) is 30.4 Å². The van der Waals surface area contributed by atoms with Crippen LogP contribution in [0.25, 0.3) is 0 Å². The van der Waals surface area contributed by atoms with Gasteiger partial charge in [0.2, 0.25) is 5.91 Å². The predicted molar refractivity (Wildman–Crippen MR) is 44.0 cm³/mol. The third kappa shape index (κ3) is 1.93. The number of hydrogen-bond donors (Lipinski definition) is 1. The van der Waals surface area contributed by atoms with Crippen molar-refractivity contribution in [2.45, 2.75) is 19.8 Å². The van der Waals surface area contributed by atoms with Gasteiger partial charge in [-0.3, -0.25) is 4.79 Å². The largest absolute Gasteiger partial charge is 0.342 e. The van der Waals surface area contributed by atoms with Crippen molar-refractivity contribution in [3.63, 3.8) is 0 Å². The Morgan fingerprint density at radius 3 is 2.91 bits per heavy atom. The minimum Gasteiger partial charge on any atom is -0.342 e. The van der Waals surface area contributed by atoms with Crippen LogP contribution in [0.2, 0.25) is 0 Å². The third-order valence-electron chi connectivity index (χ3n) is 2.20. The fourth-order valence-corrected chi connectivity index (χ4v) is 1.40. The number of rotatable bonds is 3. The van der Waals surface area contributed by atoms with Crippen molar-refractivity contribution in [3.05, 3.63) is 0 Å². The van der Waals surface area contributed by atoms with Crippen LogP contribution in [0.5, 0.6) is 0 Å². The van der Waals surface area contributed by atoms with E-state index in [2.05, 4.69) is 0 Å². The summed E-state index contributed by atoms with van der Waals surface area (Å²) in [6.07, 6.45) is 1.95. The molecule has 0 aromatic rings. The molecule has 11 heavy (non-hydrogen) atoms. The van der Waals surface area contributed by atoms with E-state index in [0.29, 0.717) is 12.5 Å². The fourth-order valence-electron chi connectivity index (χ4n) is 1.40. The van der Waals surface area contributed by atoms with Gasteiger partial charge in [0.25, 0.3) is 0 Å². The van der Waals surface area contributed by atoms with E-state index in [0.717, 1.165) is 25.9 Å². The Morgan fingerprint density at radius 2 is 2.45 bits per heavy atom. The maximum atomic E-state index is 11.3. The Morgan fingerprint density at radius 1 is 1.73 bits per heavy atom. The van der Waals surface area contributed by atoms with Crippen LogP contribution >= 0.6 is 0 Å². The first kappa shape index (κ1) is 8.53. The standard InChI is InChI=1S/C8H16N2O/c1-7-3-6-10(8(7)11)5-2-4-9/h7H,2-6,9H2,1H3. The van der Waals surface area contributed by atoms with Crippen molar-refractivity contribution in [1.82, 2.24) is 4.90 Å². The molecule has 1 saturated heterocycles. The van der Waals surface area contributed by atoms with Crippen LogP contribution in [0.15, 0.2) is 0 Å². The van der Waals surface area contributed by atoms with Crippen molar-refractivity contribution in [2.24, 2.45) is 11.7 Å². The summed E-state index contributed by atoms with van der Waals surface area (Å²) in [4.78, 5) is 13.2. The minimum absolute atomic E-state index is 0.243. The Kier molecular flexibility index (Phi) is 2.88. The highest BCUT2D eigenvalue weighted by Gasteiger charge is 2.26. The molecule has 3 nitrogen and oxygen atoms in total. The van der Waals surface area contributed by atoms with Crippen LogP contribution < -0.4 is 5.73 Å². The maximum Gasteiger partial charge on any atom is 0.225 e. The highest BCUT2D eigenvalue weighted by atomic mass is 16.2.